The maximum absolute atomic E-state index is 6.08. The fourth-order valence-corrected chi connectivity index (χ4v) is 3.33. The van der Waals surface area contributed by atoms with Crippen LogP contribution in [0.2, 0.25) is 5.02 Å². The summed E-state index contributed by atoms with van der Waals surface area (Å²) in [4.78, 5) is 0. The third-order valence-electron chi connectivity index (χ3n) is 3.26. The minimum absolute atomic E-state index is 0.794. The van der Waals surface area contributed by atoms with Crippen LogP contribution in [0.4, 0.5) is 0 Å². The molecule has 0 unspecified atom stereocenters. The smallest absolute Gasteiger partial charge is 0.0629 e. The molecule has 18 heavy (non-hydrogen) atoms. The molecule has 1 aromatic carbocycles. The Morgan fingerprint density at radius 3 is 2.89 bits per heavy atom. The van der Waals surface area contributed by atoms with E-state index in [9.17, 15) is 0 Å². The minimum atomic E-state index is 0.794. The summed E-state index contributed by atoms with van der Waals surface area (Å²) < 4.78 is 1.29. The lowest BCUT2D eigenvalue weighted by Crippen LogP contribution is -1.90. The third-order valence-corrected chi connectivity index (χ3v) is 4.51. The van der Waals surface area contributed by atoms with Crippen molar-refractivity contribution in [3.05, 3.63) is 51.1 Å². The first-order chi connectivity index (χ1) is 8.65. The Morgan fingerprint density at radius 1 is 1.33 bits per heavy atom. The number of aromatic nitrogens is 2. The van der Waals surface area contributed by atoms with E-state index in [4.69, 9.17) is 11.6 Å². The van der Waals surface area contributed by atoms with E-state index in [2.05, 4.69) is 28.6 Å². The first kappa shape index (κ1) is 11.8. The maximum atomic E-state index is 6.08. The summed E-state index contributed by atoms with van der Waals surface area (Å²) in [5.74, 6) is 0. The second-order valence-corrected chi connectivity index (χ2v) is 5.84. The molecule has 0 bridgehead atoms. The summed E-state index contributed by atoms with van der Waals surface area (Å²) in [5, 5.41) is 11.5. The Labute approximate surface area is 115 Å². The number of halogens is 1. The number of hydrogen-bond donors (Lipinski definition) is 1. The van der Waals surface area contributed by atoms with Gasteiger partial charge in [0.25, 0.3) is 0 Å². The van der Waals surface area contributed by atoms with E-state index in [0.29, 0.717) is 0 Å². The minimum Gasteiger partial charge on any atom is -0.282 e. The van der Waals surface area contributed by atoms with E-state index in [1.54, 1.807) is 11.3 Å². The van der Waals surface area contributed by atoms with E-state index in [1.807, 2.05) is 19.1 Å². The first-order valence-electron chi connectivity index (χ1n) is 5.81. The Kier molecular flexibility index (Phi) is 2.88. The Morgan fingerprint density at radius 2 is 2.17 bits per heavy atom. The van der Waals surface area contributed by atoms with Gasteiger partial charge in [-0.15, -0.1) is 11.3 Å². The highest BCUT2D eigenvalue weighted by Crippen LogP contribution is 2.30. The number of nitrogens with zero attached hydrogens (tertiary/aromatic N) is 1. The predicted molar refractivity (Wildman–Crippen MR) is 77.7 cm³/mol. The van der Waals surface area contributed by atoms with Crippen LogP contribution in [0.5, 0.6) is 0 Å². The fraction of sp³-hybridized carbons (Fsp3) is 0.214. The number of aryl methyl sites for hydroxylation is 2. The number of benzene rings is 1. The molecule has 0 saturated carbocycles. The first-order valence-corrected chi connectivity index (χ1v) is 7.07. The number of aromatic amines is 1. The quantitative estimate of drug-likeness (QED) is 0.734. The van der Waals surface area contributed by atoms with Crippen molar-refractivity contribution in [2.75, 3.05) is 0 Å². The van der Waals surface area contributed by atoms with Crippen molar-refractivity contribution in [1.29, 1.82) is 0 Å². The molecule has 0 amide bonds. The third kappa shape index (κ3) is 1.93. The van der Waals surface area contributed by atoms with Crippen LogP contribution in [0.3, 0.4) is 0 Å². The van der Waals surface area contributed by atoms with E-state index in [-0.39, 0.29) is 0 Å². The molecule has 0 aliphatic rings. The SMILES string of the molecule is Cc1n[nH]c(C)c1Cc1csc2ccc(Cl)cc12. The lowest BCUT2D eigenvalue weighted by molar-refractivity contribution is 1.02. The number of rotatable bonds is 2. The molecular weight excluding hydrogens is 264 g/mol. The van der Waals surface area contributed by atoms with Gasteiger partial charge in [-0.2, -0.15) is 5.10 Å². The van der Waals surface area contributed by atoms with Gasteiger partial charge in [0.05, 0.1) is 5.69 Å². The van der Waals surface area contributed by atoms with Crippen molar-refractivity contribution in [2.45, 2.75) is 20.3 Å². The molecule has 3 rings (SSSR count). The van der Waals surface area contributed by atoms with Crippen molar-refractivity contribution in [3.8, 4) is 0 Å². The largest absolute Gasteiger partial charge is 0.282 e. The number of fused-ring (bicyclic) bond motifs is 1. The Balaban J connectivity index is 2.08. The van der Waals surface area contributed by atoms with Crippen LogP contribution in [-0.4, -0.2) is 10.2 Å². The van der Waals surface area contributed by atoms with Crippen LogP contribution in [0, 0.1) is 13.8 Å². The highest BCUT2D eigenvalue weighted by Gasteiger charge is 2.11. The molecule has 0 fully saturated rings. The molecule has 0 spiro atoms. The van der Waals surface area contributed by atoms with Crippen molar-refractivity contribution in [3.63, 3.8) is 0 Å². The van der Waals surface area contributed by atoms with Gasteiger partial charge in [-0.05, 0) is 48.4 Å². The molecule has 4 heteroatoms. The lowest BCUT2D eigenvalue weighted by atomic mass is 10.0. The summed E-state index contributed by atoms with van der Waals surface area (Å²) in [5.41, 5.74) is 4.84. The number of nitrogens with one attached hydrogen (secondary N) is 1. The predicted octanol–water partition coefficient (Wildman–Crippen LogP) is 4.49. The normalized spacial score (nSPS) is 11.3. The molecule has 0 aliphatic heterocycles. The molecule has 2 aromatic heterocycles. The molecule has 92 valence electrons. The zero-order valence-corrected chi connectivity index (χ0v) is 11.8. The van der Waals surface area contributed by atoms with E-state index in [1.165, 1.54) is 21.2 Å². The van der Waals surface area contributed by atoms with Crippen molar-refractivity contribution in [1.82, 2.24) is 10.2 Å². The molecule has 2 heterocycles. The second-order valence-electron chi connectivity index (χ2n) is 4.49. The van der Waals surface area contributed by atoms with E-state index in [0.717, 1.165) is 22.8 Å². The van der Waals surface area contributed by atoms with Crippen molar-refractivity contribution >= 4 is 33.0 Å². The molecular formula is C14H13ClN2S. The highest BCUT2D eigenvalue weighted by molar-refractivity contribution is 7.17. The average molecular weight is 277 g/mol. The summed E-state index contributed by atoms with van der Waals surface area (Å²) in [6.07, 6.45) is 0.911. The van der Waals surface area contributed by atoms with Gasteiger partial charge in [0, 0.05) is 27.4 Å². The number of hydrogen-bond acceptors (Lipinski definition) is 2. The summed E-state index contributed by atoms with van der Waals surface area (Å²) >= 11 is 7.85. The van der Waals surface area contributed by atoms with Gasteiger partial charge in [0.15, 0.2) is 0 Å². The van der Waals surface area contributed by atoms with Gasteiger partial charge in [-0.1, -0.05) is 11.6 Å². The topological polar surface area (TPSA) is 28.7 Å². The van der Waals surface area contributed by atoms with Gasteiger partial charge in [-0.25, -0.2) is 0 Å². The molecule has 1 N–H and O–H groups in total. The maximum Gasteiger partial charge on any atom is 0.0629 e. The monoisotopic (exact) mass is 276 g/mol. The Bertz CT molecular complexity index is 692. The molecule has 2 nitrogen and oxygen atoms in total. The summed E-state index contributed by atoms with van der Waals surface area (Å²) in [6.45, 7) is 4.11. The molecule has 0 atom stereocenters. The molecule has 0 aliphatic carbocycles. The van der Waals surface area contributed by atoms with Crippen LogP contribution in [0.1, 0.15) is 22.5 Å². The van der Waals surface area contributed by atoms with Crippen LogP contribution >= 0.6 is 22.9 Å². The number of thiophene rings is 1. The standard InChI is InChI=1S/C14H13ClN2S/c1-8-12(9(2)17-16-8)5-10-7-18-14-4-3-11(15)6-13(10)14/h3-4,6-7H,5H2,1-2H3,(H,16,17). The number of H-pyrrole nitrogens is 1. The van der Waals surface area contributed by atoms with Crippen LogP contribution < -0.4 is 0 Å². The Hall–Kier alpha value is -1.32. The van der Waals surface area contributed by atoms with E-state index >= 15 is 0 Å². The summed E-state index contributed by atoms with van der Waals surface area (Å²) in [6, 6.07) is 6.08. The zero-order chi connectivity index (χ0) is 12.7. The highest BCUT2D eigenvalue weighted by atomic mass is 35.5. The van der Waals surface area contributed by atoms with Crippen LogP contribution in [-0.2, 0) is 6.42 Å². The van der Waals surface area contributed by atoms with Gasteiger partial charge >= 0.3 is 0 Å². The van der Waals surface area contributed by atoms with Gasteiger partial charge in [0.2, 0.25) is 0 Å². The van der Waals surface area contributed by atoms with Gasteiger partial charge in [0.1, 0.15) is 0 Å². The zero-order valence-electron chi connectivity index (χ0n) is 10.2. The van der Waals surface area contributed by atoms with Gasteiger partial charge < -0.3 is 0 Å². The second kappa shape index (κ2) is 4.41. The molecule has 0 radical (unpaired) electrons. The van der Waals surface area contributed by atoms with Gasteiger partial charge in [-0.3, -0.25) is 5.10 Å². The van der Waals surface area contributed by atoms with Crippen molar-refractivity contribution in [2.24, 2.45) is 0 Å². The average Bonchev–Trinajstić information content (AvgIpc) is 2.88. The fourth-order valence-electron chi connectivity index (χ4n) is 2.22. The molecule has 3 aromatic rings. The van der Waals surface area contributed by atoms with Crippen LogP contribution in [0.15, 0.2) is 23.6 Å². The lowest BCUT2D eigenvalue weighted by Gasteiger charge is -2.01. The summed E-state index contributed by atoms with van der Waals surface area (Å²) in [7, 11) is 0. The van der Waals surface area contributed by atoms with Crippen molar-refractivity contribution < 1.29 is 0 Å². The van der Waals surface area contributed by atoms with Crippen LogP contribution in [0.25, 0.3) is 10.1 Å². The molecule has 0 saturated heterocycles. The van der Waals surface area contributed by atoms with E-state index < -0.39 is 0 Å².